The first-order valence-corrected chi connectivity index (χ1v) is 15.8. The summed E-state index contributed by atoms with van der Waals surface area (Å²) in [7, 11) is 1.52. The van der Waals surface area contributed by atoms with Crippen LogP contribution in [0.1, 0.15) is 72.6 Å². The number of alkyl halides is 5. The van der Waals surface area contributed by atoms with Gasteiger partial charge in [-0.05, 0) is 93.0 Å². The smallest absolute Gasteiger partial charge is 0.416 e. The molecule has 256 valence electrons. The summed E-state index contributed by atoms with van der Waals surface area (Å²) in [5, 5.41) is 9.44. The second kappa shape index (κ2) is 12.6. The first kappa shape index (κ1) is 33.5. The van der Waals surface area contributed by atoms with Crippen LogP contribution in [0.2, 0.25) is 0 Å². The molecule has 1 amide bonds. The lowest BCUT2D eigenvalue weighted by Crippen LogP contribution is -2.56. The maximum absolute atomic E-state index is 13.8. The van der Waals surface area contributed by atoms with Crippen LogP contribution in [0.5, 0.6) is 5.75 Å². The molecule has 1 aliphatic carbocycles. The van der Waals surface area contributed by atoms with E-state index in [9.17, 15) is 36.6 Å². The molecule has 3 fully saturated rings. The van der Waals surface area contributed by atoms with E-state index >= 15 is 0 Å². The number of hydrogen-bond acceptors (Lipinski definition) is 6. The summed E-state index contributed by atoms with van der Waals surface area (Å²) in [5.41, 5.74) is 2.34. The van der Waals surface area contributed by atoms with Gasteiger partial charge in [-0.3, -0.25) is 9.69 Å². The Morgan fingerprint density at radius 2 is 1.73 bits per heavy atom. The van der Waals surface area contributed by atoms with Gasteiger partial charge in [0, 0.05) is 11.1 Å². The summed E-state index contributed by atoms with van der Waals surface area (Å²) in [6.07, 6.45) is -3.80. The molecule has 13 heteroatoms. The van der Waals surface area contributed by atoms with E-state index in [0.717, 1.165) is 17.7 Å². The third-order valence-corrected chi connectivity index (χ3v) is 9.66. The average Bonchev–Trinajstić information content (AvgIpc) is 3.31. The zero-order valence-electron chi connectivity index (χ0n) is 26.7. The number of methoxy groups -OCH3 is 1. The molecule has 2 aromatic carbocycles. The van der Waals surface area contributed by atoms with Crippen molar-refractivity contribution in [2.24, 2.45) is 5.92 Å². The average molecular weight is 674 g/mol. The quantitative estimate of drug-likeness (QED) is 0.243. The second-order valence-electron chi connectivity index (χ2n) is 13.0. The molecule has 2 atom stereocenters. The second-order valence-corrected chi connectivity index (χ2v) is 13.0. The van der Waals surface area contributed by atoms with Crippen molar-refractivity contribution in [3.63, 3.8) is 0 Å². The molecule has 0 bridgehead atoms. The van der Waals surface area contributed by atoms with E-state index in [1.54, 1.807) is 25.1 Å². The molecule has 1 saturated carbocycles. The number of aryl methyl sites for hydroxylation is 1. The van der Waals surface area contributed by atoms with Crippen molar-refractivity contribution in [3.8, 4) is 16.9 Å². The zero-order chi connectivity index (χ0) is 34.5. The fourth-order valence-corrected chi connectivity index (χ4v) is 7.03. The van der Waals surface area contributed by atoms with Gasteiger partial charge < -0.3 is 19.5 Å². The number of carbonyl (C=O) groups excluding carboxylic acids is 1. The van der Waals surface area contributed by atoms with Crippen molar-refractivity contribution >= 4 is 17.9 Å². The lowest BCUT2D eigenvalue weighted by Gasteiger charge is -2.39. The van der Waals surface area contributed by atoms with E-state index in [1.807, 2.05) is 18.2 Å². The highest BCUT2D eigenvalue weighted by Crippen LogP contribution is 2.43. The highest BCUT2D eigenvalue weighted by molar-refractivity contribution is 5.76. The van der Waals surface area contributed by atoms with Crippen molar-refractivity contribution in [2.45, 2.75) is 76.2 Å². The largest absolute Gasteiger partial charge is 0.496 e. The van der Waals surface area contributed by atoms with Crippen LogP contribution in [0.4, 0.5) is 32.6 Å². The predicted molar refractivity (Wildman–Crippen MR) is 166 cm³/mol. The van der Waals surface area contributed by atoms with Crippen molar-refractivity contribution in [1.82, 2.24) is 9.88 Å². The number of aliphatic carboxylic acids is 1. The first-order valence-electron chi connectivity index (χ1n) is 15.8. The van der Waals surface area contributed by atoms with Crippen LogP contribution in [0.3, 0.4) is 0 Å². The minimum Gasteiger partial charge on any atom is -0.496 e. The number of ether oxygens (including phenoxy) is 2. The van der Waals surface area contributed by atoms with Gasteiger partial charge in [0.25, 0.3) is 5.92 Å². The van der Waals surface area contributed by atoms with Crippen LogP contribution >= 0.6 is 0 Å². The molecule has 1 aromatic heterocycles. The van der Waals surface area contributed by atoms with Gasteiger partial charge in [0.05, 0.1) is 50.0 Å². The molecule has 2 saturated heterocycles. The van der Waals surface area contributed by atoms with E-state index in [0.29, 0.717) is 59.6 Å². The van der Waals surface area contributed by atoms with Crippen molar-refractivity contribution < 1.29 is 46.1 Å². The molecule has 3 aromatic rings. The number of nitrogens with zero attached hydrogens (tertiary/aromatic N) is 3. The van der Waals surface area contributed by atoms with Gasteiger partial charge in [0.15, 0.2) is 0 Å². The van der Waals surface area contributed by atoms with Gasteiger partial charge in [-0.25, -0.2) is 18.6 Å². The van der Waals surface area contributed by atoms with Gasteiger partial charge in [0.1, 0.15) is 17.7 Å². The van der Waals surface area contributed by atoms with Gasteiger partial charge in [-0.15, -0.1) is 0 Å². The number of carboxylic acid groups (broad SMARTS) is 1. The third-order valence-electron chi connectivity index (χ3n) is 9.66. The van der Waals surface area contributed by atoms with E-state index in [4.69, 9.17) is 14.5 Å². The maximum Gasteiger partial charge on any atom is 0.416 e. The Morgan fingerprint density at radius 3 is 2.35 bits per heavy atom. The zero-order valence-corrected chi connectivity index (χ0v) is 26.7. The third kappa shape index (κ3) is 6.64. The number of halogens is 5. The number of pyridine rings is 1. The standard InChI is InChI=1S/C35H36F5N3O5/c1-19-12-24(14-25(13-19)35(38,39)40)31-20(2)43(33(46)48-31)16-28-26(9-11-30(41-28)42-17-34(36,37)18-42)27-15-23(8-10-29(27)47-3)21-4-6-22(7-5-21)32(44)45/h8-15,20-22,31H,4-7,16-18H2,1-3H3,(H,44,45)/t20-,21-,22-,31-/m0/s1. The fourth-order valence-electron chi connectivity index (χ4n) is 7.03. The van der Waals surface area contributed by atoms with Crippen LogP contribution in [0.15, 0.2) is 48.5 Å². The number of anilines is 1. The Kier molecular flexibility index (Phi) is 8.76. The minimum atomic E-state index is -4.58. The molecule has 0 spiro atoms. The minimum absolute atomic E-state index is 0.112. The Balaban J connectivity index is 1.35. The number of hydrogen-bond donors (Lipinski definition) is 1. The highest BCUT2D eigenvalue weighted by Gasteiger charge is 2.45. The van der Waals surface area contributed by atoms with E-state index < -0.39 is 55.0 Å². The van der Waals surface area contributed by atoms with Gasteiger partial charge in [-0.1, -0.05) is 17.7 Å². The van der Waals surface area contributed by atoms with Crippen LogP contribution in [-0.4, -0.2) is 59.2 Å². The SMILES string of the molecule is COc1ccc([C@H]2CC[C@H](C(=O)O)CC2)cc1-c1ccc(N2CC(F)(F)C2)nc1CN1C(=O)O[C@H](c2cc(C)cc(C(F)(F)F)c2)[C@@H]1C. The summed E-state index contributed by atoms with van der Waals surface area (Å²) in [6, 6.07) is 12.0. The predicted octanol–water partition coefficient (Wildman–Crippen LogP) is 7.98. The number of aromatic nitrogens is 1. The van der Waals surface area contributed by atoms with Crippen LogP contribution in [-0.2, 0) is 22.3 Å². The molecular formula is C35H36F5N3O5. The molecule has 2 aliphatic heterocycles. The first-order chi connectivity index (χ1) is 22.6. The lowest BCUT2D eigenvalue weighted by molar-refractivity contribution is -0.143. The summed E-state index contributed by atoms with van der Waals surface area (Å²) in [4.78, 5) is 32.4. The Morgan fingerprint density at radius 1 is 1.02 bits per heavy atom. The summed E-state index contributed by atoms with van der Waals surface area (Å²) >= 11 is 0. The van der Waals surface area contributed by atoms with Crippen LogP contribution in [0.25, 0.3) is 11.1 Å². The molecular weight excluding hydrogens is 637 g/mol. The Labute approximate surface area is 274 Å². The molecule has 3 aliphatic rings. The van der Waals surface area contributed by atoms with E-state index in [1.165, 1.54) is 23.8 Å². The lowest BCUT2D eigenvalue weighted by atomic mass is 9.78. The number of rotatable bonds is 8. The number of amides is 1. The number of benzene rings is 2. The summed E-state index contributed by atoms with van der Waals surface area (Å²) in [6.45, 7) is 2.10. The van der Waals surface area contributed by atoms with E-state index in [-0.39, 0.29) is 23.9 Å². The molecule has 6 rings (SSSR count). The molecule has 8 nitrogen and oxygen atoms in total. The molecule has 0 unspecified atom stereocenters. The Bertz CT molecular complexity index is 1720. The molecule has 3 heterocycles. The Hall–Kier alpha value is -4.42. The number of cyclic esters (lactones) is 1. The molecule has 0 radical (unpaired) electrons. The van der Waals surface area contributed by atoms with Crippen molar-refractivity contribution in [3.05, 3.63) is 76.5 Å². The monoisotopic (exact) mass is 673 g/mol. The van der Waals surface area contributed by atoms with Gasteiger partial charge in [0.2, 0.25) is 0 Å². The van der Waals surface area contributed by atoms with Crippen molar-refractivity contribution in [2.75, 3.05) is 25.1 Å². The van der Waals surface area contributed by atoms with E-state index in [2.05, 4.69) is 0 Å². The summed E-state index contributed by atoms with van der Waals surface area (Å²) in [5.74, 6) is -3.08. The van der Waals surface area contributed by atoms with Crippen molar-refractivity contribution in [1.29, 1.82) is 0 Å². The topological polar surface area (TPSA) is 92.2 Å². The maximum atomic E-state index is 13.8. The fraction of sp³-hybridized carbons (Fsp3) is 0.457. The van der Waals surface area contributed by atoms with Crippen LogP contribution < -0.4 is 9.64 Å². The molecule has 1 N–H and O–H groups in total. The normalized spacial score (nSPS) is 23.9. The van der Waals surface area contributed by atoms with Crippen LogP contribution in [0, 0.1) is 12.8 Å². The number of carboxylic acids is 1. The highest BCUT2D eigenvalue weighted by atomic mass is 19.4. The summed E-state index contributed by atoms with van der Waals surface area (Å²) < 4.78 is 79.8. The molecule has 48 heavy (non-hydrogen) atoms. The van der Waals surface area contributed by atoms with Gasteiger partial charge >= 0.3 is 18.2 Å². The van der Waals surface area contributed by atoms with Gasteiger partial charge in [-0.2, -0.15) is 13.2 Å². The number of carbonyl (C=O) groups is 2.